The minimum atomic E-state index is -0.458. The summed E-state index contributed by atoms with van der Waals surface area (Å²) in [6.07, 6.45) is 1.24. The topological polar surface area (TPSA) is 74.7 Å². The molecule has 36 heavy (non-hydrogen) atoms. The smallest absolute Gasteiger partial charge is 0.162 e. The molecule has 0 aliphatic heterocycles. The molecule has 0 saturated carbocycles. The van der Waals surface area contributed by atoms with Crippen molar-refractivity contribution in [2.24, 2.45) is 0 Å². The van der Waals surface area contributed by atoms with Crippen LogP contribution in [0.5, 0.6) is 23.0 Å². The van der Waals surface area contributed by atoms with Crippen LogP contribution in [0, 0.1) is 5.82 Å². The Labute approximate surface area is 212 Å². The van der Waals surface area contributed by atoms with Crippen molar-refractivity contribution < 1.29 is 28.2 Å². The van der Waals surface area contributed by atoms with Gasteiger partial charge in [-0.25, -0.2) is 4.39 Å². The van der Waals surface area contributed by atoms with E-state index in [0.29, 0.717) is 44.5 Å². The molecule has 184 valence electrons. The van der Waals surface area contributed by atoms with Crippen molar-refractivity contribution in [1.29, 1.82) is 0 Å². The molecule has 0 atom stereocenters. The van der Waals surface area contributed by atoms with Crippen LogP contribution in [0.15, 0.2) is 66.9 Å². The lowest BCUT2D eigenvalue weighted by molar-refractivity contribution is -0.126. The predicted molar refractivity (Wildman–Crippen MR) is 135 cm³/mol. The maximum Gasteiger partial charge on any atom is 0.162 e. The molecule has 0 unspecified atom stereocenters. The zero-order valence-corrected chi connectivity index (χ0v) is 20.5. The third kappa shape index (κ3) is 5.80. The average Bonchev–Trinajstić information content (AvgIpc) is 2.86. The quantitative estimate of drug-likeness (QED) is 0.240. The summed E-state index contributed by atoms with van der Waals surface area (Å²) in [7, 11) is 3.10. The van der Waals surface area contributed by atoms with Crippen molar-refractivity contribution in [3.05, 3.63) is 88.8 Å². The van der Waals surface area contributed by atoms with E-state index in [4.69, 9.17) is 25.8 Å². The number of fused-ring (bicyclic) bond motifs is 1. The number of methoxy groups -OCH3 is 2. The molecule has 3 aromatic carbocycles. The van der Waals surface area contributed by atoms with Gasteiger partial charge in [-0.05, 0) is 41.5 Å². The Kier molecular flexibility index (Phi) is 7.80. The second-order valence-electron chi connectivity index (χ2n) is 8.10. The Morgan fingerprint density at radius 3 is 2.31 bits per heavy atom. The molecule has 0 saturated heterocycles. The van der Waals surface area contributed by atoms with Gasteiger partial charge in [-0.1, -0.05) is 35.9 Å². The van der Waals surface area contributed by atoms with Crippen LogP contribution < -0.4 is 14.2 Å². The average molecular weight is 508 g/mol. The number of ether oxygens (including phenoxy) is 3. The molecule has 0 aliphatic rings. The Bertz CT molecular complexity index is 1440. The van der Waals surface area contributed by atoms with E-state index >= 15 is 0 Å². The Morgan fingerprint density at radius 2 is 1.58 bits per heavy atom. The van der Waals surface area contributed by atoms with E-state index in [2.05, 4.69) is 4.98 Å². The van der Waals surface area contributed by atoms with Crippen LogP contribution in [-0.4, -0.2) is 30.8 Å². The fraction of sp³-hybridized carbons (Fsp3) is 0.179. The zero-order chi connectivity index (χ0) is 25.7. The van der Waals surface area contributed by atoms with E-state index in [0.717, 1.165) is 0 Å². The van der Waals surface area contributed by atoms with Crippen LogP contribution in [0.4, 0.5) is 4.39 Å². The highest BCUT2D eigenvalue weighted by Gasteiger charge is 2.16. The van der Waals surface area contributed by atoms with Gasteiger partial charge in [0.1, 0.15) is 28.9 Å². The normalized spacial score (nSPS) is 10.8. The van der Waals surface area contributed by atoms with E-state index in [1.54, 1.807) is 68.9 Å². The SMILES string of the molecule is COc1cc2nccc(Oc3ccc(CC(=O)CC(=O)Cc4ccccc4F)cc3Cl)c2cc1OC. The summed E-state index contributed by atoms with van der Waals surface area (Å²) in [5.41, 5.74) is 1.57. The van der Waals surface area contributed by atoms with Gasteiger partial charge >= 0.3 is 0 Å². The molecule has 0 N–H and O–H groups in total. The van der Waals surface area contributed by atoms with Crippen LogP contribution in [0.3, 0.4) is 0 Å². The molecule has 0 spiro atoms. The second-order valence-corrected chi connectivity index (χ2v) is 8.51. The minimum absolute atomic E-state index is 0.0260. The number of hydrogen-bond acceptors (Lipinski definition) is 6. The number of carbonyl (C=O) groups is 2. The fourth-order valence-electron chi connectivity index (χ4n) is 3.82. The fourth-order valence-corrected chi connectivity index (χ4v) is 4.06. The summed E-state index contributed by atoms with van der Waals surface area (Å²) >= 11 is 6.45. The van der Waals surface area contributed by atoms with Gasteiger partial charge in [0.05, 0.1) is 31.2 Å². The molecule has 0 fully saturated rings. The number of carbonyl (C=O) groups excluding carboxylic acids is 2. The molecule has 0 amide bonds. The minimum Gasteiger partial charge on any atom is -0.493 e. The lowest BCUT2D eigenvalue weighted by atomic mass is 10.0. The van der Waals surface area contributed by atoms with Gasteiger partial charge in [0, 0.05) is 30.5 Å². The third-order valence-electron chi connectivity index (χ3n) is 5.56. The van der Waals surface area contributed by atoms with Gasteiger partial charge in [0.2, 0.25) is 0 Å². The molecule has 8 heteroatoms. The van der Waals surface area contributed by atoms with Gasteiger partial charge < -0.3 is 14.2 Å². The lowest BCUT2D eigenvalue weighted by Gasteiger charge is -2.13. The van der Waals surface area contributed by atoms with Crippen LogP contribution in [-0.2, 0) is 22.4 Å². The van der Waals surface area contributed by atoms with Crippen molar-refractivity contribution >= 4 is 34.1 Å². The largest absolute Gasteiger partial charge is 0.493 e. The Morgan fingerprint density at radius 1 is 0.861 bits per heavy atom. The summed E-state index contributed by atoms with van der Waals surface area (Å²) < 4.78 is 30.5. The monoisotopic (exact) mass is 507 g/mol. The molecule has 0 aliphatic carbocycles. The van der Waals surface area contributed by atoms with E-state index in [1.165, 1.54) is 12.1 Å². The number of pyridine rings is 1. The molecule has 4 rings (SSSR count). The highest BCUT2D eigenvalue weighted by molar-refractivity contribution is 6.32. The van der Waals surface area contributed by atoms with Gasteiger partial charge in [-0.3, -0.25) is 14.6 Å². The zero-order valence-electron chi connectivity index (χ0n) is 19.7. The first-order valence-corrected chi connectivity index (χ1v) is 11.5. The maximum absolute atomic E-state index is 13.8. The maximum atomic E-state index is 13.8. The van der Waals surface area contributed by atoms with Crippen LogP contribution >= 0.6 is 11.6 Å². The summed E-state index contributed by atoms with van der Waals surface area (Å²) in [5, 5.41) is 1.02. The number of benzene rings is 3. The lowest BCUT2D eigenvalue weighted by Crippen LogP contribution is -2.13. The number of Topliss-reactive ketones (excluding diaryl/α,β-unsaturated/α-hetero) is 2. The first-order chi connectivity index (χ1) is 17.4. The number of nitrogens with zero attached hydrogens (tertiary/aromatic N) is 1. The van der Waals surface area contributed by atoms with E-state index in [1.807, 2.05) is 0 Å². The van der Waals surface area contributed by atoms with E-state index in [-0.39, 0.29) is 36.4 Å². The number of rotatable bonds is 10. The summed E-state index contributed by atoms with van der Waals surface area (Å²) in [4.78, 5) is 29.0. The van der Waals surface area contributed by atoms with Gasteiger partial charge in [-0.2, -0.15) is 0 Å². The van der Waals surface area contributed by atoms with E-state index < -0.39 is 5.82 Å². The first kappa shape index (κ1) is 25.1. The van der Waals surface area contributed by atoms with Crippen molar-refractivity contribution in [1.82, 2.24) is 4.98 Å². The van der Waals surface area contributed by atoms with Crippen LogP contribution in [0.25, 0.3) is 10.9 Å². The molecule has 4 aromatic rings. The standard InChI is InChI=1S/C28H23ClFNO5/c1-34-27-15-21-24(16-28(27)35-2)31-10-9-25(21)36-26-8-7-17(12-22(26)29)11-19(32)14-20(33)13-18-5-3-4-6-23(18)30/h3-10,12,15-16H,11,13-14H2,1-2H3. The number of halogens is 2. The van der Waals surface area contributed by atoms with Crippen LogP contribution in [0.2, 0.25) is 5.02 Å². The molecule has 1 heterocycles. The molecular formula is C28H23ClFNO5. The van der Waals surface area contributed by atoms with Crippen molar-refractivity contribution in [3.63, 3.8) is 0 Å². The summed E-state index contributed by atoms with van der Waals surface area (Å²) in [6.45, 7) is 0. The first-order valence-electron chi connectivity index (χ1n) is 11.1. The highest BCUT2D eigenvalue weighted by atomic mass is 35.5. The molecule has 1 aromatic heterocycles. The molecular weight excluding hydrogens is 485 g/mol. The molecule has 0 radical (unpaired) electrons. The van der Waals surface area contributed by atoms with Crippen molar-refractivity contribution in [2.45, 2.75) is 19.3 Å². The van der Waals surface area contributed by atoms with Gasteiger partial charge in [0.25, 0.3) is 0 Å². The number of aromatic nitrogens is 1. The van der Waals surface area contributed by atoms with Gasteiger partial charge in [0.15, 0.2) is 11.5 Å². The van der Waals surface area contributed by atoms with Crippen molar-refractivity contribution in [3.8, 4) is 23.0 Å². The molecule has 0 bridgehead atoms. The Hall–Kier alpha value is -3.97. The number of ketones is 2. The molecule has 6 nitrogen and oxygen atoms in total. The second kappa shape index (κ2) is 11.2. The Balaban J connectivity index is 1.45. The van der Waals surface area contributed by atoms with Gasteiger partial charge in [-0.15, -0.1) is 0 Å². The van der Waals surface area contributed by atoms with E-state index in [9.17, 15) is 14.0 Å². The predicted octanol–water partition coefficient (Wildman–Crippen LogP) is 6.15. The number of hydrogen-bond donors (Lipinski definition) is 0. The van der Waals surface area contributed by atoms with Crippen molar-refractivity contribution in [2.75, 3.05) is 14.2 Å². The summed E-state index contributed by atoms with van der Waals surface area (Å²) in [6, 6.07) is 16.3. The third-order valence-corrected chi connectivity index (χ3v) is 5.86. The van der Waals surface area contributed by atoms with Crippen LogP contribution in [0.1, 0.15) is 17.5 Å². The summed E-state index contributed by atoms with van der Waals surface area (Å²) in [5.74, 6) is 0.924. The highest BCUT2D eigenvalue weighted by Crippen LogP contribution is 2.38.